The molecule has 0 aromatic carbocycles. The molecule has 1 aromatic heterocycles. The van der Waals surface area contributed by atoms with Gasteiger partial charge in [0, 0.05) is 12.1 Å². The van der Waals surface area contributed by atoms with E-state index in [1.807, 2.05) is 20.8 Å². The van der Waals surface area contributed by atoms with Crippen LogP contribution in [0.4, 0.5) is 5.82 Å². The average Bonchev–Trinajstić information content (AvgIpc) is 2.08. The van der Waals surface area contributed by atoms with E-state index in [1.165, 1.54) is 0 Å². The summed E-state index contributed by atoms with van der Waals surface area (Å²) in [6, 6.07) is 0. The van der Waals surface area contributed by atoms with Gasteiger partial charge in [-0.25, -0.2) is 9.97 Å². The van der Waals surface area contributed by atoms with E-state index >= 15 is 0 Å². The number of nitrogens with one attached hydrogen (secondary N) is 1. The zero-order chi connectivity index (χ0) is 10.7. The van der Waals surface area contributed by atoms with Gasteiger partial charge < -0.3 is 5.32 Å². The van der Waals surface area contributed by atoms with Crippen molar-refractivity contribution in [2.45, 2.75) is 20.8 Å². The summed E-state index contributed by atoms with van der Waals surface area (Å²) in [4.78, 5) is 8.31. The number of hydrogen-bond acceptors (Lipinski definition) is 3. The van der Waals surface area contributed by atoms with Gasteiger partial charge in [0.2, 0.25) is 0 Å². The second-order valence-electron chi connectivity index (χ2n) is 3.35. The molecule has 0 aliphatic heterocycles. The molecule has 0 radical (unpaired) electrons. The molecule has 76 valence electrons. The molecule has 0 bridgehead atoms. The first kappa shape index (κ1) is 11.0. The fraction of sp³-hybridized carbons (Fsp3) is 0.400. The molecule has 0 fully saturated rings. The molecule has 0 spiro atoms. The fourth-order valence-corrected chi connectivity index (χ4v) is 1.21. The zero-order valence-corrected chi connectivity index (χ0v) is 9.44. The van der Waals surface area contributed by atoms with Crippen LogP contribution in [0.5, 0.6) is 0 Å². The summed E-state index contributed by atoms with van der Waals surface area (Å²) < 4.78 is 0. The summed E-state index contributed by atoms with van der Waals surface area (Å²) >= 11 is 5.92. The van der Waals surface area contributed by atoms with Gasteiger partial charge in [0.1, 0.15) is 16.8 Å². The molecule has 0 unspecified atom stereocenters. The van der Waals surface area contributed by atoms with E-state index in [9.17, 15) is 0 Å². The van der Waals surface area contributed by atoms with Gasteiger partial charge >= 0.3 is 0 Å². The lowest BCUT2D eigenvalue weighted by Gasteiger charge is -2.09. The highest BCUT2D eigenvalue weighted by atomic mass is 35.5. The van der Waals surface area contributed by atoms with Gasteiger partial charge in [-0.1, -0.05) is 23.8 Å². The van der Waals surface area contributed by atoms with Crippen molar-refractivity contribution in [2.24, 2.45) is 0 Å². The highest BCUT2D eigenvalue weighted by molar-refractivity contribution is 6.30. The van der Waals surface area contributed by atoms with Crippen LogP contribution in [0.1, 0.15) is 18.3 Å². The molecule has 0 aliphatic rings. The van der Waals surface area contributed by atoms with E-state index in [0.29, 0.717) is 17.5 Å². The number of halogens is 1. The second kappa shape index (κ2) is 4.42. The molecule has 0 saturated heterocycles. The van der Waals surface area contributed by atoms with Gasteiger partial charge in [0.15, 0.2) is 0 Å². The van der Waals surface area contributed by atoms with Crippen molar-refractivity contribution in [3.8, 4) is 0 Å². The van der Waals surface area contributed by atoms with Crippen LogP contribution in [-0.2, 0) is 0 Å². The van der Waals surface area contributed by atoms with Gasteiger partial charge in [-0.2, -0.15) is 0 Å². The van der Waals surface area contributed by atoms with Crippen molar-refractivity contribution in [1.82, 2.24) is 9.97 Å². The topological polar surface area (TPSA) is 37.8 Å². The maximum atomic E-state index is 5.92. The summed E-state index contributed by atoms with van der Waals surface area (Å²) in [6.07, 6.45) is 0. The zero-order valence-electron chi connectivity index (χ0n) is 8.69. The molecule has 0 saturated carbocycles. The van der Waals surface area contributed by atoms with E-state index < -0.39 is 0 Å². The minimum absolute atomic E-state index is 0.502. The van der Waals surface area contributed by atoms with Crippen molar-refractivity contribution < 1.29 is 0 Å². The Kier molecular flexibility index (Phi) is 3.47. The van der Waals surface area contributed by atoms with Crippen LogP contribution < -0.4 is 5.32 Å². The van der Waals surface area contributed by atoms with E-state index in [0.717, 1.165) is 17.0 Å². The van der Waals surface area contributed by atoms with Crippen LogP contribution in [0, 0.1) is 13.8 Å². The number of nitrogens with zero attached hydrogens (tertiary/aromatic N) is 2. The standard InChI is InChI=1S/C10H14ClN3/c1-6(2)5-12-10-7(3)9(11)13-8(4)14-10/h1,5H2,2-4H3,(H,12,13,14). The number of rotatable bonds is 3. The van der Waals surface area contributed by atoms with Crippen LogP contribution in [0.2, 0.25) is 5.15 Å². The van der Waals surface area contributed by atoms with Crippen LogP contribution in [0.25, 0.3) is 0 Å². The largest absolute Gasteiger partial charge is 0.366 e. The average molecular weight is 212 g/mol. The summed E-state index contributed by atoms with van der Waals surface area (Å²) in [5.74, 6) is 1.45. The summed E-state index contributed by atoms with van der Waals surface area (Å²) in [5.41, 5.74) is 1.93. The Balaban J connectivity index is 2.90. The Morgan fingerprint density at radius 1 is 1.43 bits per heavy atom. The van der Waals surface area contributed by atoms with E-state index in [-0.39, 0.29) is 0 Å². The number of aromatic nitrogens is 2. The SMILES string of the molecule is C=C(C)CNc1nc(C)nc(Cl)c1C. The van der Waals surface area contributed by atoms with Gasteiger partial charge in [-0.15, -0.1) is 0 Å². The molecule has 1 heterocycles. The Bertz CT molecular complexity index is 361. The quantitative estimate of drug-likeness (QED) is 0.617. The van der Waals surface area contributed by atoms with Gasteiger partial charge in [-0.3, -0.25) is 0 Å². The summed E-state index contributed by atoms with van der Waals surface area (Å²) in [7, 11) is 0. The smallest absolute Gasteiger partial charge is 0.137 e. The summed E-state index contributed by atoms with van der Waals surface area (Å²) in [6.45, 7) is 10.2. The molecule has 4 heteroatoms. The van der Waals surface area contributed by atoms with E-state index in [2.05, 4.69) is 21.9 Å². The Morgan fingerprint density at radius 2 is 2.07 bits per heavy atom. The fourth-order valence-electron chi connectivity index (χ4n) is 1.00. The monoisotopic (exact) mass is 211 g/mol. The normalized spacial score (nSPS) is 10.0. The van der Waals surface area contributed by atoms with Crippen LogP contribution >= 0.6 is 11.6 Å². The molecule has 1 rings (SSSR count). The lowest BCUT2D eigenvalue weighted by molar-refractivity contribution is 1.02. The van der Waals surface area contributed by atoms with E-state index in [1.54, 1.807) is 0 Å². The molecule has 1 aromatic rings. The first-order valence-corrected chi connectivity index (χ1v) is 4.77. The van der Waals surface area contributed by atoms with E-state index in [4.69, 9.17) is 11.6 Å². The minimum Gasteiger partial charge on any atom is -0.366 e. The Morgan fingerprint density at radius 3 is 2.64 bits per heavy atom. The van der Waals surface area contributed by atoms with Crippen LogP contribution in [-0.4, -0.2) is 16.5 Å². The third kappa shape index (κ3) is 2.70. The van der Waals surface area contributed by atoms with Gasteiger partial charge in [0.25, 0.3) is 0 Å². The molecular weight excluding hydrogens is 198 g/mol. The van der Waals surface area contributed by atoms with Gasteiger partial charge in [-0.05, 0) is 20.8 Å². The van der Waals surface area contributed by atoms with Crippen molar-refractivity contribution in [1.29, 1.82) is 0 Å². The number of aryl methyl sites for hydroxylation is 1. The van der Waals surface area contributed by atoms with Gasteiger partial charge in [0.05, 0.1) is 0 Å². The molecule has 0 amide bonds. The third-order valence-corrected chi connectivity index (χ3v) is 2.12. The molecular formula is C10H14ClN3. The first-order chi connectivity index (χ1) is 6.50. The highest BCUT2D eigenvalue weighted by Crippen LogP contribution is 2.19. The molecule has 1 N–H and O–H groups in total. The molecule has 0 aliphatic carbocycles. The lowest BCUT2D eigenvalue weighted by atomic mass is 10.3. The number of anilines is 1. The van der Waals surface area contributed by atoms with Crippen molar-refractivity contribution >= 4 is 17.4 Å². The predicted molar refractivity (Wildman–Crippen MR) is 59.8 cm³/mol. The van der Waals surface area contributed by atoms with Crippen molar-refractivity contribution in [3.05, 3.63) is 28.7 Å². The minimum atomic E-state index is 0.502. The predicted octanol–water partition coefficient (Wildman–Crippen LogP) is 2.73. The van der Waals surface area contributed by atoms with Crippen LogP contribution in [0.15, 0.2) is 12.2 Å². The highest BCUT2D eigenvalue weighted by Gasteiger charge is 2.06. The first-order valence-electron chi connectivity index (χ1n) is 4.39. The van der Waals surface area contributed by atoms with Crippen molar-refractivity contribution in [3.63, 3.8) is 0 Å². The molecule has 0 atom stereocenters. The lowest BCUT2D eigenvalue weighted by Crippen LogP contribution is -2.07. The Labute approximate surface area is 89.2 Å². The molecule has 3 nitrogen and oxygen atoms in total. The Hall–Kier alpha value is -1.09. The molecule has 14 heavy (non-hydrogen) atoms. The maximum absolute atomic E-state index is 5.92. The maximum Gasteiger partial charge on any atom is 0.137 e. The van der Waals surface area contributed by atoms with Crippen LogP contribution in [0.3, 0.4) is 0 Å². The van der Waals surface area contributed by atoms with Crippen molar-refractivity contribution in [2.75, 3.05) is 11.9 Å². The second-order valence-corrected chi connectivity index (χ2v) is 3.70. The summed E-state index contributed by atoms with van der Waals surface area (Å²) in [5, 5.41) is 3.66. The number of hydrogen-bond donors (Lipinski definition) is 1. The third-order valence-electron chi connectivity index (χ3n) is 1.76.